The lowest BCUT2D eigenvalue weighted by molar-refractivity contribution is -0.116. The molecule has 4 rings (SSSR count). The molecule has 0 radical (unpaired) electrons. The molecule has 41 heavy (non-hydrogen) atoms. The molecule has 0 bridgehead atoms. The van der Waals surface area contributed by atoms with Crippen molar-refractivity contribution in [2.75, 3.05) is 39.2 Å². The predicted octanol–water partition coefficient (Wildman–Crippen LogP) is 0.861. The largest absolute Gasteiger partial charge is 0.497 e. The number of hydrogen-bond donors (Lipinski definition) is 2. The van der Waals surface area contributed by atoms with Crippen molar-refractivity contribution in [1.82, 2.24) is 29.4 Å². The standard InChI is InChI=1S/C26H33N7O7S/c1-17-12-33(18(2)15-34)26(36)22-11-19(28-25(35)14-32-16-27-29-30-32)5-10-23(22)40-24(17)13-31(3)41(37,38)21-8-6-20(39-4)7-9-21/h5-11,16-18,24,34H,12-15H2,1-4H3,(H,28,35)/t17-,18-,24-/m1/s1. The quantitative estimate of drug-likeness (QED) is 0.347. The number of hydrogen-bond acceptors (Lipinski definition) is 10. The summed E-state index contributed by atoms with van der Waals surface area (Å²) in [6, 6.07) is 10.2. The Morgan fingerprint density at radius 2 is 2.00 bits per heavy atom. The second kappa shape index (κ2) is 12.6. The van der Waals surface area contributed by atoms with Crippen molar-refractivity contribution in [3.05, 3.63) is 54.4 Å². The third-order valence-electron chi connectivity index (χ3n) is 6.85. The Hall–Kier alpha value is -4.08. The Morgan fingerprint density at radius 1 is 1.27 bits per heavy atom. The van der Waals surface area contributed by atoms with Crippen LogP contribution in [0.1, 0.15) is 24.2 Å². The van der Waals surface area contributed by atoms with E-state index in [9.17, 15) is 23.1 Å². The summed E-state index contributed by atoms with van der Waals surface area (Å²) >= 11 is 0. The van der Waals surface area contributed by atoms with E-state index < -0.39 is 28.1 Å². The maximum absolute atomic E-state index is 13.6. The number of sulfonamides is 1. The number of nitrogens with zero attached hydrogens (tertiary/aromatic N) is 6. The monoisotopic (exact) mass is 587 g/mol. The molecule has 15 heteroatoms. The van der Waals surface area contributed by atoms with Crippen LogP contribution in [0.25, 0.3) is 0 Å². The van der Waals surface area contributed by atoms with Gasteiger partial charge in [0.15, 0.2) is 0 Å². The van der Waals surface area contributed by atoms with Crippen molar-refractivity contribution in [2.45, 2.75) is 37.4 Å². The van der Waals surface area contributed by atoms with Gasteiger partial charge in [-0.15, -0.1) is 5.10 Å². The molecule has 14 nitrogen and oxygen atoms in total. The van der Waals surface area contributed by atoms with E-state index in [1.54, 1.807) is 31.2 Å². The number of benzene rings is 2. The lowest BCUT2D eigenvalue weighted by Crippen LogP contribution is -2.50. The number of aliphatic hydroxyl groups is 1. The number of likely N-dealkylation sites (N-methyl/N-ethyl adjacent to an activating group) is 1. The van der Waals surface area contributed by atoms with Crippen LogP contribution < -0.4 is 14.8 Å². The van der Waals surface area contributed by atoms with Crippen LogP contribution in [-0.2, 0) is 21.4 Å². The molecule has 2 amide bonds. The zero-order valence-corrected chi connectivity index (χ0v) is 24.0. The number of rotatable bonds is 10. The summed E-state index contributed by atoms with van der Waals surface area (Å²) < 4.78 is 40.5. The third kappa shape index (κ3) is 6.81. The Labute approximate surface area is 237 Å². The molecule has 0 aliphatic carbocycles. The fourth-order valence-electron chi connectivity index (χ4n) is 4.40. The predicted molar refractivity (Wildman–Crippen MR) is 147 cm³/mol. The molecule has 2 heterocycles. The summed E-state index contributed by atoms with van der Waals surface area (Å²) in [5.41, 5.74) is 0.517. The number of nitrogens with one attached hydrogen (secondary N) is 1. The number of anilines is 1. The van der Waals surface area contributed by atoms with Crippen LogP contribution in [0, 0.1) is 5.92 Å². The molecule has 2 N–H and O–H groups in total. The van der Waals surface area contributed by atoms with Gasteiger partial charge in [-0.05, 0) is 59.8 Å². The highest BCUT2D eigenvalue weighted by atomic mass is 32.2. The van der Waals surface area contributed by atoms with E-state index in [1.165, 1.54) is 52.6 Å². The topological polar surface area (TPSA) is 169 Å². The summed E-state index contributed by atoms with van der Waals surface area (Å²) in [5, 5.41) is 23.2. The number of methoxy groups -OCH3 is 1. The van der Waals surface area contributed by atoms with Crippen molar-refractivity contribution in [1.29, 1.82) is 0 Å². The molecule has 0 saturated heterocycles. The van der Waals surface area contributed by atoms with Crippen LogP contribution in [0.5, 0.6) is 11.5 Å². The Bertz CT molecular complexity index is 1470. The van der Waals surface area contributed by atoms with Gasteiger partial charge in [0, 0.05) is 25.2 Å². The van der Waals surface area contributed by atoms with E-state index in [0.717, 1.165) is 0 Å². The Balaban J connectivity index is 1.61. The number of ether oxygens (including phenoxy) is 2. The first-order valence-corrected chi connectivity index (χ1v) is 14.3. The molecule has 3 atom stereocenters. The molecule has 0 fully saturated rings. The molecule has 0 unspecified atom stereocenters. The van der Waals surface area contributed by atoms with Gasteiger partial charge in [0.05, 0.1) is 36.8 Å². The van der Waals surface area contributed by atoms with Crippen molar-refractivity contribution in [3.63, 3.8) is 0 Å². The molecule has 3 aromatic rings. The van der Waals surface area contributed by atoms with Gasteiger partial charge in [-0.1, -0.05) is 6.92 Å². The summed E-state index contributed by atoms with van der Waals surface area (Å²) in [6.07, 6.45) is 0.659. The summed E-state index contributed by atoms with van der Waals surface area (Å²) in [5.74, 6) is -0.328. The molecule has 0 spiro atoms. The van der Waals surface area contributed by atoms with Crippen molar-refractivity contribution >= 4 is 27.5 Å². The first kappa shape index (κ1) is 29.9. The molecule has 0 saturated carbocycles. The minimum atomic E-state index is -3.86. The first-order valence-electron chi connectivity index (χ1n) is 12.9. The maximum atomic E-state index is 13.6. The van der Waals surface area contributed by atoms with Crippen molar-refractivity contribution in [3.8, 4) is 11.5 Å². The van der Waals surface area contributed by atoms with Gasteiger partial charge in [0.1, 0.15) is 30.5 Å². The first-order chi connectivity index (χ1) is 19.5. The van der Waals surface area contributed by atoms with Crippen molar-refractivity contribution < 1.29 is 32.6 Å². The fraction of sp³-hybridized carbons (Fsp3) is 0.423. The van der Waals surface area contributed by atoms with E-state index in [2.05, 4.69) is 20.8 Å². The summed E-state index contributed by atoms with van der Waals surface area (Å²) in [6.45, 7) is 3.39. The highest BCUT2D eigenvalue weighted by molar-refractivity contribution is 7.89. The average molecular weight is 588 g/mol. The van der Waals surface area contributed by atoms with Gasteiger partial charge in [-0.25, -0.2) is 13.1 Å². The summed E-state index contributed by atoms with van der Waals surface area (Å²) in [7, 11) is -0.888. The van der Waals surface area contributed by atoms with E-state index in [-0.39, 0.29) is 54.3 Å². The Morgan fingerprint density at radius 3 is 2.63 bits per heavy atom. The van der Waals surface area contributed by atoms with Crippen LogP contribution >= 0.6 is 0 Å². The van der Waals surface area contributed by atoms with Gasteiger partial charge < -0.3 is 24.8 Å². The number of fused-ring (bicyclic) bond motifs is 1. The molecule has 1 aromatic heterocycles. The van der Waals surface area contributed by atoms with Gasteiger partial charge in [0.25, 0.3) is 5.91 Å². The van der Waals surface area contributed by atoms with Crippen LogP contribution in [0.3, 0.4) is 0 Å². The molecule has 2 aromatic carbocycles. The highest BCUT2D eigenvalue weighted by Gasteiger charge is 2.35. The van der Waals surface area contributed by atoms with Crippen LogP contribution in [0.4, 0.5) is 5.69 Å². The van der Waals surface area contributed by atoms with Crippen LogP contribution in [0.15, 0.2) is 53.7 Å². The third-order valence-corrected chi connectivity index (χ3v) is 8.69. The number of aromatic nitrogens is 4. The lowest BCUT2D eigenvalue weighted by Gasteiger charge is -2.38. The lowest BCUT2D eigenvalue weighted by atomic mass is 9.99. The van der Waals surface area contributed by atoms with Gasteiger partial charge in [-0.2, -0.15) is 4.31 Å². The zero-order valence-electron chi connectivity index (χ0n) is 23.2. The van der Waals surface area contributed by atoms with E-state index in [0.29, 0.717) is 11.4 Å². The number of carbonyl (C=O) groups is 2. The maximum Gasteiger partial charge on any atom is 0.258 e. The minimum Gasteiger partial charge on any atom is -0.497 e. The number of tetrazole rings is 1. The average Bonchev–Trinajstić information content (AvgIpc) is 3.47. The van der Waals surface area contributed by atoms with Crippen molar-refractivity contribution in [2.24, 2.45) is 5.92 Å². The molecule has 1 aliphatic heterocycles. The second-order valence-corrected chi connectivity index (χ2v) is 11.9. The van der Waals surface area contributed by atoms with Gasteiger partial charge in [0.2, 0.25) is 15.9 Å². The van der Waals surface area contributed by atoms with E-state index in [1.807, 2.05) is 6.92 Å². The number of aliphatic hydroxyl groups excluding tert-OH is 1. The van der Waals surface area contributed by atoms with Crippen LogP contribution in [-0.4, -0.2) is 101 Å². The smallest absolute Gasteiger partial charge is 0.258 e. The van der Waals surface area contributed by atoms with E-state index >= 15 is 0 Å². The second-order valence-electron chi connectivity index (χ2n) is 9.85. The Kier molecular flexibility index (Phi) is 9.20. The van der Waals surface area contributed by atoms with Gasteiger partial charge >= 0.3 is 0 Å². The van der Waals surface area contributed by atoms with E-state index in [4.69, 9.17) is 9.47 Å². The van der Waals surface area contributed by atoms with Gasteiger partial charge in [-0.3, -0.25) is 9.59 Å². The number of amides is 2. The SMILES string of the molecule is COc1ccc(S(=O)(=O)N(C)C[C@H]2Oc3ccc(NC(=O)Cn4cnnn4)cc3C(=O)N([C@H](C)CO)C[C@H]2C)cc1. The fourth-order valence-corrected chi connectivity index (χ4v) is 5.58. The molecular formula is C26H33N7O7S. The summed E-state index contributed by atoms with van der Waals surface area (Å²) in [4.78, 5) is 27.7. The number of carbonyl (C=O) groups excluding carboxylic acids is 2. The molecule has 1 aliphatic rings. The zero-order chi connectivity index (χ0) is 29.7. The molecule has 220 valence electrons. The highest BCUT2D eigenvalue weighted by Crippen LogP contribution is 2.31. The van der Waals surface area contributed by atoms with Crippen LogP contribution in [0.2, 0.25) is 0 Å². The minimum absolute atomic E-state index is 0.00503. The molecular weight excluding hydrogens is 554 g/mol. The normalized spacial score (nSPS) is 18.2.